The fourth-order valence-corrected chi connectivity index (χ4v) is 1.51. The Bertz CT molecular complexity index is 603. The van der Waals surface area contributed by atoms with E-state index in [0.29, 0.717) is 11.5 Å². The van der Waals surface area contributed by atoms with Crippen LogP contribution in [0.25, 0.3) is 0 Å². The molecule has 0 atom stereocenters. The third kappa shape index (κ3) is 2.42. The second-order valence-electron chi connectivity index (χ2n) is 3.86. The Morgan fingerprint density at radius 3 is 2.89 bits per heavy atom. The van der Waals surface area contributed by atoms with Crippen molar-refractivity contribution in [2.24, 2.45) is 4.99 Å². The molecule has 0 unspecified atom stereocenters. The third-order valence-electron chi connectivity index (χ3n) is 2.56. The Labute approximate surface area is 104 Å². The number of hydrogen-bond acceptors (Lipinski definition) is 4. The van der Waals surface area contributed by atoms with Gasteiger partial charge < -0.3 is 0 Å². The van der Waals surface area contributed by atoms with Gasteiger partial charge in [-0.05, 0) is 19.4 Å². The molecule has 18 heavy (non-hydrogen) atoms. The van der Waals surface area contributed by atoms with E-state index in [1.807, 2.05) is 13.8 Å². The van der Waals surface area contributed by atoms with Crippen LogP contribution in [0.1, 0.15) is 12.5 Å². The van der Waals surface area contributed by atoms with Gasteiger partial charge in [0.2, 0.25) is 0 Å². The molecule has 2 aromatic rings. The molecule has 0 aliphatic carbocycles. The molecular weight excluding hydrogens is 232 g/mol. The van der Waals surface area contributed by atoms with E-state index < -0.39 is 4.92 Å². The van der Waals surface area contributed by atoms with E-state index in [1.165, 1.54) is 12.1 Å². The molecule has 0 amide bonds. The first-order valence-corrected chi connectivity index (χ1v) is 5.36. The molecule has 0 saturated carbocycles. The lowest BCUT2D eigenvalue weighted by molar-refractivity contribution is -0.384. The van der Waals surface area contributed by atoms with Crippen molar-refractivity contribution in [1.82, 2.24) is 9.55 Å². The van der Waals surface area contributed by atoms with E-state index in [-0.39, 0.29) is 5.69 Å². The number of nitro benzene ring substituents is 1. The van der Waals surface area contributed by atoms with Crippen LogP contribution in [-0.2, 0) is 0 Å². The fourth-order valence-electron chi connectivity index (χ4n) is 1.51. The summed E-state index contributed by atoms with van der Waals surface area (Å²) in [7, 11) is 0. The molecule has 0 fully saturated rings. The zero-order valence-electron chi connectivity index (χ0n) is 10.1. The number of aromatic nitrogens is 2. The van der Waals surface area contributed by atoms with E-state index in [1.54, 1.807) is 29.4 Å². The second-order valence-corrected chi connectivity index (χ2v) is 3.86. The molecule has 0 N–H and O–H groups in total. The predicted octanol–water partition coefficient (Wildman–Crippen LogP) is 2.70. The summed E-state index contributed by atoms with van der Waals surface area (Å²) >= 11 is 0. The van der Waals surface area contributed by atoms with Gasteiger partial charge in [0.05, 0.1) is 10.6 Å². The van der Waals surface area contributed by atoms with Crippen molar-refractivity contribution in [3.05, 3.63) is 52.6 Å². The molecule has 6 heteroatoms. The molecule has 0 aliphatic rings. The lowest BCUT2D eigenvalue weighted by Gasteiger charge is -2.03. The van der Waals surface area contributed by atoms with Crippen molar-refractivity contribution in [1.29, 1.82) is 0 Å². The first-order chi connectivity index (χ1) is 8.58. The molecule has 2 rings (SSSR count). The summed E-state index contributed by atoms with van der Waals surface area (Å²) in [5, 5.41) is 10.7. The highest BCUT2D eigenvalue weighted by atomic mass is 16.6. The zero-order valence-corrected chi connectivity index (χ0v) is 10.1. The molecule has 1 heterocycles. The normalized spacial score (nSPS) is 11.6. The van der Waals surface area contributed by atoms with E-state index in [4.69, 9.17) is 0 Å². The number of non-ortho nitro benzene ring substituents is 1. The first kappa shape index (κ1) is 12.0. The number of nitrogens with zero attached hydrogens (tertiary/aromatic N) is 4. The van der Waals surface area contributed by atoms with Crippen LogP contribution < -0.4 is 0 Å². The molecule has 1 aromatic heterocycles. The maximum absolute atomic E-state index is 10.7. The molecule has 1 aromatic carbocycles. The van der Waals surface area contributed by atoms with E-state index in [2.05, 4.69) is 9.98 Å². The Morgan fingerprint density at radius 1 is 1.50 bits per heavy atom. The minimum atomic E-state index is -0.426. The quantitative estimate of drug-likeness (QED) is 0.353. The van der Waals surface area contributed by atoms with Crippen molar-refractivity contribution in [2.75, 3.05) is 0 Å². The van der Waals surface area contributed by atoms with Crippen LogP contribution in [0.2, 0.25) is 0 Å². The minimum Gasteiger partial charge on any atom is -0.294 e. The average molecular weight is 244 g/mol. The van der Waals surface area contributed by atoms with Crippen molar-refractivity contribution in [3.8, 4) is 0 Å². The summed E-state index contributed by atoms with van der Waals surface area (Å²) in [4.78, 5) is 18.6. The maximum atomic E-state index is 10.7. The van der Waals surface area contributed by atoms with Crippen LogP contribution in [0, 0.1) is 17.0 Å². The Morgan fingerprint density at radius 2 is 2.28 bits per heavy atom. The highest BCUT2D eigenvalue weighted by Crippen LogP contribution is 2.24. The van der Waals surface area contributed by atoms with Crippen LogP contribution in [0.15, 0.2) is 41.9 Å². The summed E-state index contributed by atoms with van der Waals surface area (Å²) in [6.45, 7) is 3.68. The molecular formula is C12H12N4O2. The van der Waals surface area contributed by atoms with Crippen LogP contribution >= 0.6 is 0 Å². The SMILES string of the molecule is CC(=Nc1cc([N+](=O)[O-])ccc1C)n1ccnc1. The monoisotopic (exact) mass is 244 g/mol. The van der Waals surface area contributed by atoms with E-state index in [0.717, 1.165) is 5.56 Å². The molecule has 0 radical (unpaired) electrons. The summed E-state index contributed by atoms with van der Waals surface area (Å²) in [5.41, 5.74) is 1.52. The van der Waals surface area contributed by atoms with E-state index >= 15 is 0 Å². The summed E-state index contributed by atoms with van der Waals surface area (Å²) in [5.74, 6) is 0.705. The number of imidazole rings is 1. The third-order valence-corrected chi connectivity index (χ3v) is 2.56. The molecule has 6 nitrogen and oxygen atoms in total. The lowest BCUT2D eigenvalue weighted by atomic mass is 10.2. The molecule has 0 bridgehead atoms. The molecule has 0 aliphatic heterocycles. The lowest BCUT2D eigenvalue weighted by Crippen LogP contribution is -2.03. The van der Waals surface area contributed by atoms with Crippen molar-refractivity contribution in [3.63, 3.8) is 0 Å². The van der Waals surface area contributed by atoms with Gasteiger partial charge in [-0.3, -0.25) is 14.7 Å². The van der Waals surface area contributed by atoms with Gasteiger partial charge in [0.25, 0.3) is 5.69 Å². The van der Waals surface area contributed by atoms with Gasteiger partial charge in [0.15, 0.2) is 0 Å². The van der Waals surface area contributed by atoms with Gasteiger partial charge in [-0.1, -0.05) is 6.07 Å². The number of hydrogen-bond donors (Lipinski definition) is 0. The Balaban J connectivity index is 2.42. The zero-order chi connectivity index (χ0) is 13.1. The number of aliphatic imine (C=N–C) groups is 1. The average Bonchev–Trinajstić information content (AvgIpc) is 2.85. The molecule has 0 saturated heterocycles. The highest BCUT2D eigenvalue weighted by molar-refractivity contribution is 5.85. The van der Waals surface area contributed by atoms with Gasteiger partial charge in [0, 0.05) is 24.5 Å². The van der Waals surface area contributed by atoms with Crippen molar-refractivity contribution >= 4 is 17.2 Å². The summed E-state index contributed by atoms with van der Waals surface area (Å²) < 4.78 is 1.75. The maximum Gasteiger partial charge on any atom is 0.271 e. The summed E-state index contributed by atoms with van der Waals surface area (Å²) in [6.07, 6.45) is 5.05. The highest BCUT2D eigenvalue weighted by Gasteiger charge is 2.08. The van der Waals surface area contributed by atoms with Crippen molar-refractivity contribution in [2.45, 2.75) is 13.8 Å². The van der Waals surface area contributed by atoms with Crippen LogP contribution in [0.3, 0.4) is 0 Å². The standard InChI is InChI=1S/C12H12N4O2/c1-9-3-4-11(16(17)18)7-12(9)14-10(2)15-6-5-13-8-15/h3-8H,1-2H3. The summed E-state index contributed by atoms with van der Waals surface area (Å²) in [6, 6.07) is 4.63. The minimum absolute atomic E-state index is 0.0396. The Hall–Kier alpha value is -2.50. The molecule has 0 spiro atoms. The largest absolute Gasteiger partial charge is 0.294 e. The topological polar surface area (TPSA) is 73.3 Å². The number of rotatable bonds is 2. The predicted molar refractivity (Wildman–Crippen MR) is 68.2 cm³/mol. The van der Waals surface area contributed by atoms with Gasteiger partial charge >= 0.3 is 0 Å². The van der Waals surface area contributed by atoms with Crippen LogP contribution in [0.4, 0.5) is 11.4 Å². The van der Waals surface area contributed by atoms with Crippen LogP contribution in [0.5, 0.6) is 0 Å². The van der Waals surface area contributed by atoms with Gasteiger partial charge in [-0.25, -0.2) is 9.98 Å². The van der Waals surface area contributed by atoms with Crippen molar-refractivity contribution < 1.29 is 4.92 Å². The first-order valence-electron chi connectivity index (χ1n) is 5.36. The fraction of sp³-hybridized carbons (Fsp3) is 0.167. The van der Waals surface area contributed by atoms with Gasteiger partial charge in [-0.15, -0.1) is 0 Å². The number of aryl methyl sites for hydroxylation is 1. The van der Waals surface area contributed by atoms with E-state index in [9.17, 15) is 10.1 Å². The van der Waals surface area contributed by atoms with Crippen LogP contribution in [-0.4, -0.2) is 20.3 Å². The number of nitro groups is 1. The Kier molecular flexibility index (Phi) is 3.18. The number of benzene rings is 1. The smallest absolute Gasteiger partial charge is 0.271 e. The van der Waals surface area contributed by atoms with Gasteiger partial charge in [-0.2, -0.15) is 0 Å². The molecule has 92 valence electrons. The van der Waals surface area contributed by atoms with Gasteiger partial charge in [0.1, 0.15) is 12.2 Å². The second kappa shape index (κ2) is 4.79.